The molecule has 0 bridgehead atoms. The van der Waals surface area contributed by atoms with Crippen molar-refractivity contribution < 1.29 is 18.0 Å². The zero-order valence-corrected chi connectivity index (χ0v) is 11.5. The molecule has 1 saturated carbocycles. The van der Waals surface area contributed by atoms with Crippen molar-refractivity contribution >= 4 is 5.91 Å². The molecular weight excluding hydrogens is 271 g/mol. The SMILES string of the molecule is CCn1cc(C(=O)N(CC(F)(F)F)C(C)C2CC2)cn1. The monoisotopic (exact) mass is 289 g/mol. The van der Waals surface area contributed by atoms with Gasteiger partial charge in [-0.2, -0.15) is 18.3 Å². The molecule has 0 N–H and O–H groups in total. The van der Waals surface area contributed by atoms with Crippen molar-refractivity contribution in [1.29, 1.82) is 0 Å². The molecule has 1 amide bonds. The summed E-state index contributed by atoms with van der Waals surface area (Å²) in [6.45, 7) is 2.90. The summed E-state index contributed by atoms with van der Waals surface area (Å²) in [7, 11) is 0. The summed E-state index contributed by atoms with van der Waals surface area (Å²) >= 11 is 0. The Hall–Kier alpha value is -1.53. The van der Waals surface area contributed by atoms with Crippen LogP contribution in [0.2, 0.25) is 0 Å². The average Bonchev–Trinajstić information content (AvgIpc) is 3.11. The van der Waals surface area contributed by atoms with Crippen molar-refractivity contribution in [3.63, 3.8) is 0 Å². The van der Waals surface area contributed by atoms with Crippen molar-refractivity contribution in [3.8, 4) is 0 Å². The van der Waals surface area contributed by atoms with Crippen molar-refractivity contribution in [3.05, 3.63) is 18.0 Å². The van der Waals surface area contributed by atoms with Crippen LogP contribution in [-0.4, -0.2) is 39.4 Å². The quantitative estimate of drug-likeness (QED) is 0.836. The molecular formula is C13H18F3N3O. The van der Waals surface area contributed by atoms with Crippen LogP contribution >= 0.6 is 0 Å². The molecule has 7 heteroatoms. The molecule has 0 spiro atoms. The van der Waals surface area contributed by atoms with E-state index in [0.717, 1.165) is 17.7 Å². The third-order valence-electron chi connectivity index (χ3n) is 3.61. The Balaban J connectivity index is 2.18. The number of carbonyl (C=O) groups is 1. The first-order valence-corrected chi connectivity index (χ1v) is 6.72. The van der Waals surface area contributed by atoms with Gasteiger partial charge in [-0.05, 0) is 32.6 Å². The zero-order valence-electron chi connectivity index (χ0n) is 11.5. The molecule has 1 heterocycles. The van der Waals surface area contributed by atoms with E-state index < -0.39 is 24.7 Å². The number of alkyl halides is 3. The highest BCUT2D eigenvalue weighted by molar-refractivity contribution is 5.94. The van der Waals surface area contributed by atoms with Crippen LogP contribution in [0.1, 0.15) is 37.0 Å². The molecule has 4 nitrogen and oxygen atoms in total. The summed E-state index contributed by atoms with van der Waals surface area (Å²) in [5, 5.41) is 3.94. The van der Waals surface area contributed by atoms with E-state index in [9.17, 15) is 18.0 Å². The second-order valence-corrected chi connectivity index (χ2v) is 5.21. The molecule has 0 aromatic carbocycles. The average molecular weight is 289 g/mol. The maximum Gasteiger partial charge on any atom is 0.406 e. The van der Waals surface area contributed by atoms with Gasteiger partial charge >= 0.3 is 6.18 Å². The van der Waals surface area contributed by atoms with E-state index in [1.54, 1.807) is 6.92 Å². The number of nitrogens with zero attached hydrogens (tertiary/aromatic N) is 3. The molecule has 1 aliphatic rings. The lowest BCUT2D eigenvalue weighted by atomic mass is 10.1. The molecule has 1 aromatic rings. The Bertz CT molecular complexity index is 479. The number of aromatic nitrogens is 2. The highest BCUT2D eigenvalue weighted by Gasteiger charge is 2.40. The van der Waals surface area contributed by atoms with E-state index in [0.29, 0.717) is 6.54 Å². The summed E-state index contributed by atoms with van der Waals surface area (Å²) in [5.74, 6) is -0.413. The van der Waals surface area contributed by atoms with Gasteiger partial charge in [0.05, 0.1) is 11.8 Å². The van der Waals surface area contributed by atoms with E-state index in [2.05, 4.69) is 5.10 Å². The minimum Gasteiger partial charge on any atom is -0.326 e. The number of halogens is 3. The van der Waals surface area contributed by atoms with E-state index in [4.69, 9.17) is 0 Å². The molecule has 1 fully saturated rings. The first kappa shape index (κ1) is 14.9. The predicted molar refractivity (Wildman–Crippen MR) is 67.2 cm³/mol. The van der Waals surface area contributed by atoms with Gasteiger partial charge in [-0.15, -0.1) is 0 Å². The number of hydrogen-bond acceptors (Lipinski definition) is 2. The minimum absolute atomic E-state index is 0.183. The summed E-state index contributed by atoms with van der Waals surface area (Å²) in [4.78, 5) is 13.2. The van der Waals surface area contributed by atoms with Crippen molar-refractivity contribution in [2.45, 2.75) is 45.5 Å². The molecule has 112 valence electrons. The predicted octanol–water partition coefficient (Wildman–Crippen LogP) is 2.71. The highest BCUT2D eigenvalue weighted by atomic mass is 19.4. The van der Waals surface area contributed by atoms with Gasteiger partial charge in [0.25, 0.3) is 5.91 Å². The molecule has 20 heavy (non-hydrogen) atoms. The number of rotatable bonds is 5. The lowest BCUT2D eigenvalue weighted by molar-refractivity contribution is -0.144. The zero-order chi connectivity index (χ0) is 14.9. The largest absolute Gasteiger partial charge is 0.406 e. The first-order chi connectivity index (χ1) is 9.31. The van der Waals surface area contributed by atoms with Gasteiger partial charge in [-0.25, -0.2) is 0 Å². The van der Waals surface area contributed by atoms with E-state index in [1.165, 1.54) is 17.1 Å². The van der Waals surface area contributed by atoms with E-state index in [1.807, 2.05) is 6.92 Å². The topological polar surface area (TPSA) is 38.1 Å². The van der Waals surface area contributed by atoms with Crippen LogP contribution in [0, 0.1) is 5.92 Å². The lowest BCUT2D eigenvalue weighted by Gasteiger charge is -2.29. The first-order valence-electron chi connectivity index (χ1n) is 6.72. The lowest BCUT2D eigenvalue weighted by Crippen LogP contribution is -2.45. The Labute approximate surface area is 115 Å². The molecule has 0 radical (unpaired) electrons. The van der Waals surface area contributed by atoms with Crippen LogP contribution < -0.4 is 0 Å². The molecule has 1 atom stereocenters. The summed E-state index contributed by atoms with van der Waals surface area (Å²) in [5.41, 5.74) is 0.212. The van der Waals surface area contributed by atoms with E-state index >= 15 is 0 Å². The molecule has 1 unspecified atom stereocenters. The summed E-state index contributed by atoms with van der Waals surface area (Å²) in [6.07, 6.45) is 0.202. The van der Waals surface area contributed by atoms with Crippen molar-refractivity contribution in [2.24, 2.45) is 5.92 Å². The van der Waals surface area contributed by atoms with Crippen LogP contribution in [-0.2, 0) is 6.54 Å². The van der Waals surface area contributed by atoms with Crippen LogP contribution in [0.5, 0.6) is 0 Å². The van der Waals surface area contributed by atoms with Crippen LogP contribution in [0.25, 0.3) is 0 Å². The summed E-state index contributed by atoms with van der Waals surface area (Å²) in [6, 6.07) is -0.394. The Morgan fingerprint density at radius 1 is 1.55 bits per heavy atom. The second-order valence-electron chi connectivity index (χ2n) is 5.21. The standard InChI is InChI=1S/C13H18F3N3O/c1-3-18-7-11(6-17-18)12(20)19(8-13(14,15)16)9(2)10-4-5-10/h6-7,9-10H,3-5,8H2,1-2H3. The minimum atomic E-state index is -4.39. The normalized spacial score (nSPS) is 17.1. The number of amides is 1. The fourth-order valence-corrected chi connectivity index (χ4v) is 2.24. The van der Waals surface area contributed by atoms with Gasteiger partial charge in [0.15, 0.2) is 0 Å². The number of aryl methyl sites for hydroxylation is 1. The van der Waals surface area contributed by atoms with Crippen LogP contribution in [0.3, 0.4) is 0 Å². The molecule has 2 rings (SSSR count). The van der Waals surface area contributed by atoms with E-state index in [-0.39, 0.29) is 11.5 Å². The third kappa shape index (κ3) is 3.52. The van der Waals surface area contributed by atoms with Gasteiger partial charge in [0.1, 0.15) is 6.54 Å². The molecule has 0 aliphatic heterocycles. The highest BCUT2D eigenvalue weighted by Crippen LogP contribution is 2.36. The summed E-state index contributed by atoms with van der Waals surface area (Å²) < 4.78 is 39.6. The maximum atomic E-state index is 12.7. The number of carbonyl (C=O) groups excluding carboxylic acids is 1. The fraction of sp³-hybridized carbons (Fsp3) is 0.692. The van der Waals surface area contributed by atoms with Gasteiger partial charge in [-0.1, -0.05) is 0 Å². The van der Waals surface area contributed by atoms with Crippen molar-refractivity contribution in [1.82, 2.24) is 14.7 Å². The fourth-order valence-electron chi connectivity index (χ4n) is 2.24. The van der Waals surface area contributed by atoms with Gasteiger partial charge in [-0.3, -0.25) is 9.48 Å². The number of hydrogen-bond donors (Lipinski definition) is 0. The van der Waals surface area contributed by atoms with Crippen LogP contribution in [0.4, 0.5) is 13.2 Å². The van der Waals surface area contributed by atoms with Gasteiger partial charge in [0.2, 0.25) is 0 Å². The third-order valence-corrected chi connectivity index (χ3v) is 3.61. The van der Waals surface area contributed by atoms with Crippen LogP contribution in [0.15, 0.2) is 12.4 Å². The Morgan fingerprint density at radius 3 is 2.65 bits per heavy atom. The van der Waals surface area contributed by atoms with Gasteiger partial charge < -0.3 is 4.90 Å². The molecule has 0 saturated heterocycles. The second kappa shape index (κ2) is 5.46. The molecule has 1 aromatic heterocycles. The smallest absolute Gasteiger partial charge is 0.326 e. The molecule has 1 aliphatic carbocycles. The van der Waals surface area contributed by atoms with Crippen molar-refractivity contribution in [2.75, 3.05) is 6.54 Å². The van der Waals surface area contributed by atoms with Gasteiger partial charge in [0, 0.05) is 18.8 Å². The maximum absolute atomic E-state index is 12.7. The Kier molecular flexibility index (Phi) is 4.06. The Morgan fingerprint density at radius 2 is 2.20 bits per heavy atom.